The van der Waals surface area contributed by atoms with Crippen LogP contribution in [0.2, 0.25) is 5.02 Å². The number of hydrogen-bond acceptors (Lipinski definition) is 2. The zero-order chi connectivity index (χ0) is 13.1. The summed E-state index contributed by atoms with van der Waals surface area (Å²) in [5, 5.41) is 0.703. The minimum Gasteiger partial charge on any atom is -0.423 e. The van der Waals surface area contributed by atoms with E-state index in [1.165, 1.54) is 0 Å². The van der Waals surface area contributed by atoms with E-state index in [4.69, 9.17) is 16.3 Å². The van der Waals surface area contributed by atoms with Crippen molar-refractivity contribution in [1.29, 1.82) is 0 Å². The van der Waals surface area contributed by atoms with Crippen LogP contribution >= 0.6 is 11.6 Å². The fourth-order valence-electron chi connectivity index (χ4n) is 1.71. The van der Waals surface area contributed by atoms with E-state index in [1.54, 1.807) is 36.4 Å². The van der Waals surface area contributed by atoms with Crippen molar-refractivity contribution in [1.82, 2.24) is 0 Å². The van der Waals surface area contributed by atoms with Gasteiger partial charge in [-0.3, -0.25) is 0 Å². The average molecular weight is 261 g/mol. The van der Waals surface area contributed by atoms with E-state index in [0.29, 0.717) is 16.3 Å². The van der Waals surface area contributed by atoms with Crippen LogP contribution in [-0.2, 0) is 0 Å². The Morgan fingerprint density at radius 3 is 2.17 bits per heavy atom. The normalized spacial score (nSPS) is 10.2. The summed E-state index contributed by atoms with van der Waals surface area (Å²) in [5.74, 6) is 0.153. The Balaban J connectivity index is 2.23. The Morgan fingerprint density at radius 2 is 1.61 bits per heavy atom. The molecule has 3 heteroatoms. The molecule has 0 atom stereocenters. The van der Waals surface area contributed by atoms with Gasteiger partial charge in [0.15, 0.2) is 0 Å². The maximum atomic E-state index is 11.9. The number of rotatable bonds is 2. The summed E-state index contributed by atoms with van der Waals surface area (Å²) in [6.07, 6.45) is 0. The average Bonchev–Trinajstić information content (AvgIpc) is 2.37. The molecule has 0 amide bonds. The van der Waals surface area contributed by atoms with Gasteiger partial charge in [-0.25, -0.2) is 4.79 Å². The molecule has 0 bridgehead atoms. The van der Waals surface area contributed by atoms with Crippen molar-refractivity contribution < 1.29 is 9.53 Å². The molecule has 2 aromatic carbocycles. The zero-order valence-corrected chi connectivity index (χ0v) is 11.0. The van der Waals surface area contributed by atoms with Crippen molar-refractivity contribution in [2.75, 3.05) is 0 Å². The fraction of sp³-hybridized carbons (Fsp3) is 0.133. The van der Waals surface area contributed by atoms with E-state index in [1.807, 2.05) is 19.9 Å². The third-order valence-electron chi connectivity index (χ3n) is 2.63. The van der Waals surface area contributed by atoms with Crippen LogP contribution < -0.4 is 4.74 Å². The zero-order valence-electron chi connectivity index (χ0n) is 10.2. The van der Waals surface area contributed by atoms with Gasteiger partial charge in [0.05, 0.1) is 5.56 Å². The van der Waals surface area contributed by atoms with Crippen molar-refractivity contribution >= 4 is 17.6 Å². The lowest BCUT2D eigenvalue weighted by molar-refractivity contribution is 0.0734. The summed E-state index contributed by atoms with van der Waals surface area (Å²) >= 11 is 6.06. The molecule has 0 saturated carbocycles. The molecule has 2 nitrogen and oxygen atoms in total. The van der Waals surface area contributed by atoms with Crippen molar-refractivity contribution in [2.24, 2.45) is 0 Å². The van der Waals surface area contributed by atoms with E-state index in [2.05, 4.69) is 0 Å². The Hall–Kier alpha value is -1.80. The molecular formula is C15H13ClO2. The van der Waals surface area contributed by atoms with E-state index in [9.17, 15) is 4.79 Å². The van der Waals surface area contributed by atoms with Gasteiger partial charge in [0.1, 0.15) is 5.75 Å². The number of carbonyl (C=O) groups is 1. The maximum absolute atomic E-state index is 11.9. The number of halogens is 1. The number of aryl methyl sites for hydroxylation is 2. The molecule has 0 unspecified atom stereocenters. The summed E-state index contributed by atoms with van der Waals surface area (Å²) in [6.45, 7) is 3.77. The first-order valence-electron chi connectivity index (χ1n) is 5.62. The first-order valence-corrected chi connectivity index (χ1v) is 5.99. The SMILES string of the molecule is Cc1cc(OC(=O)c2ccccc2)cc(C)c1Cl. The summed E-state index contributed by atoms with van der Waals surface area (Å²) in [6, 6.07) is 12.4. The van der Waals surface area contributed by atoms with E-state index >= 15 is 0 Å². The second-order valence-corrected chi connectivity index (χ2v) is 4.50. The van der Waals surface area contributed by atoms with Crippen molar-refractivity contribution in [3.63, 3.8) is 0 Å². The summed E-state index contributed by atoms with van der Waals surface area (Å²) in [7, 11) is 0. The maximum Gasteiger partial charge on any atom is 0.343 e. The second kappa shape index (κ2) is 5.23. The molecule has 0 radical (unpaired) electrons. The Morgan fingerprint density at radius 1 is 1.06 bits per heavy atom. The first kappa shape index (κ1) is 12.7. The molecule has 2 aromatic rings. The Labute approximate surface area is 111 Å². The van der Waals surface area contributed by atoms with Gasteiger partial charge >= 0.3 is 5.97 Å². The molecule has 18 heavy (non-hydrogen) atoms. The van der Waals surface area contributed by atoms with Crippen LogP contribution in [0.5, 0.6) is 5.75 Å². The molecule has 92 valence electrons. The van der Waals surface area contributed by atoms with Gasteiger partial charge in [-0.05, 0) is 49.2 Å². The monoisotopic (exact) mass is 260 g/mol. The molecule has 0 N–H and O–H groups in total. The van der Waals surface area contributed by atoms with E-state index < -0.39 is 0 Å². The third kappa shape index (κ3) is 2.71. The standard InChI is InChI=1S/C15H13ClO2/c1-10-8-13(9-11(2)14(10)16)18-15(17)12-6-4-3-5-7-12/h3-9H,1-2H3. The largest absolute Gasteiger partial charge is 0.423 e. The molecule has 0 saturated heterocycles. The van der Waals surface area contributed by atoms with Gasteiger partial charge in [0.25, 0.3) is 0 Å². The predicted octanol–water partition coefficient (Wildman–Crippen LogP) is 4.18. The van der Waals surface area contributed by atoms with Gasteiger partial charge in [0, 0.05) is 5.02 Å². The number of carbonyl (C=O) groups excluding carboxylic acids is 1. The van der Waals surface area contributed by atoms with E-state index in [0.717, 1.165) is 11.1 Å². The van der Waals surface area contributed by atoms with Crippen LogP contribution in [-0.4, -0.2) is 5.97 Å². The minimum absolute atomic E-state index is 0.364. The van der Waals surface area contributed by atoms with Crippen LogP contribution in [0, 0.1) is 13.8 Å². The number of hydrogen-bond donors (Lipinski definition) is 0. The topological polar surface area (TPSA) is 26.3 Å². The highest BCUT2D eigenvalue weighted by molar-refractivity contribution is 6.32. The Bertz CT molecular complexity index is 553. The minimum atomic E-state index is -0.364. The van der Waals surface area contributed by atoms with Gasteiger partial charge < -0.3 is 4.74 Å². The van der Waals surface area contributed by atoms with E-state index in [-0.39, 0.29) is 5.97 Å². The molecule has 0 aliphatic rings. The number of ether oxygens (including phenoxy) is 1. The molecule has 0 spiro atoms. The predicted molar refractivity (Wildman–Crippen MR) is 72.3 cm³/mol. The molecule has 0 fully saturated rings. The summed E-state index contributed by atoms with van der Waals surface area (Å²) in [5.41, 5.74) is 2.32. The summed E-state index contributed by atoms with van der Waals surface area (Å²) < 4.78 is 5.32. The highest BCUT2D eigenvalue weighted by atomic mass is 35.5. The molecule has 0 heterocycles. The van der Waals surface area contributed by atoms with Gasteiger partial charge in [0.2, 0.25) is 0 Å². The molecule has 2 rings (SSSR count). The van der Waals surface area contributed by atoms with Gasteiger partial charge in [-0.2, -0.15) is 0 Å². The lowest BCUT2D eigenvalue weighted by atomic mass is 10.1. The molecule has 0 aromatic heterocycles. The molecule has 0 aliphatic heterocycles. The number of esters is 1. The van der Waals surface area contributed by atoms with Gasteiger partial charge in [-0.15, -0.1) is 0 Å². The van der Waals surface area contributed by atoms with Crippen LogP contribution in [0.15, 0.2) is 42.5 Å². The third-order valence-corrected chi connectivity index (χ3v) is 3.23. The van der Waals surface area contributed by atoms with Crippen molar-refractivity contribution in [3.05, 3.63) is 64.2 Å². The van der Waals surface area contributed by atoms with Crippen LogP contribution in [0.1, 0.15) is 21.5 Å². The molecule has 0 aliphatic carbocycles. The molecular weight excluding hydrogens is 248 g/mol. The fourth-order valence-corrected chi connectivity index (χ4v) is 1.81. The van der Waals surface area contributed by atoms with Crippen LogP contribution in [0.25, 0.3) is 0 Å². The highest BCUT2D eigenvalue weighted by Gasteiger charge is 2.10. The van der Waals surface area contributed by atoms with Crippen molar-refractivity contribution in [2.45, 2.75) is 13.8 Å². The van der Waals surface area contributed by atoms with Crippen molar-refractivity contribution in [3.8, 4) is 5.75 Å². The first-order chi connectivity index (χ1) is 8.58. The lowest BCUT2D eigenvalue weighted by Crippen LogP contribution is -2.08. The Kier molecular flexibility index (Phi) is 3.68. The quantitative estimate of drug-likeness (QED) is 0.598. The smallest absolute Gasteiger partial charge is 0.343 e. The van der Waals surface area contributed by atoms with Crippen LogP contribution in [0.4, 0.5) is 0 Å². The van der Waals surface area contributed by atoms with Gasteiger partial charge in [-0.1, -0.05) is 29.8 Å². The number of benzene rings is 2. The summed E-state index contributed by atoms with van der Waals surface area (Å²) in [4.78, 5) is 11.9. The lowest BCUT2D eigenvalue weighted by Gasteiger charge is -2.08. The highest BCUT2D eigenvalue weighted by Crippen LogP contribution is 2.26. The second-order valence-electron chi connectivity index (χ2n) is 4.13. The van der Waals surface area contributed by atoms with Crippen LogP contribution in [0.3, 0.4) is 0 Å².